The summed E-state index contributed by atoms with van der Waals surface area (Å²) in [5.41, 5.74) is 1.59. The van der Waals surface area contributed by atoms with E-state index in [9.17, 15) is 4.79 Å². The molecule has 0 amide bonds. The third-order valence-electron chi connectivity index (χ3n) is 2.81. The van der Waals surface area contributed by atoms with Gasteiger partial charge in [0.1, 0.15) is 5.52 Å². The molecule has 1 aromatic heterocycles. The number of carboxylic acid groups (broad SMARTS) is 1. The Hall–Kier alpha value is -1.85. The number of para-hydroxylation sites is 1. The van der Waals surface area contributed by atoms with Crippen molar-refractivity contribution in [1.29, 1.82) is 0 Å². The molecule has 1 heterocycles. The lowest BCUT2D eigenvalue weighted by Crippen LogP contribution is -1.96. The molecule has 0 bridgehead atoms. The van der Waals surface area contributed by atoms with E-state index in [1.165, 1.54) is 6.07 Å². The van der Waals surface area contributed by atoms with Crippen LogP contribution in [0.5, 0.6) is 0 Å². The van der Waals surface area contributed by atoms with Crippen LogP contribution in [0.15, 0.2) is 45.3 Å². The number of benzene rings is 2. The van der Waals surface area contributed by atoms with Gasteiger partial charge in [-0.15, -0.1) is 0 Å². The zero-order chi connectivity index (χ0) is 14.3. The Bertz CT molecular complexity index is 828. The van der Waals surface area contributed by atoms with Crippen molar-refractivity contribution in [2.75, 3.05) is 0 Å². The van der Waals surface area contributed by atoms with E-state index in [1.54, 1.807) is 30.3 Å². The van der Waals surface area contributed by atoms with Crippen molar-refractivity contribution in [1.82, 2.24) is 4.98 Å². The standard InChI is InChI=1S/C14H7BrClNO3/c15-10-6-7(16)4-5-8(10)13-17-12-9(14(18)19)2-1-3-11(12)20-13/h1-6H,(H,18,19). The minimum Gasteiger partial charge on any atom is -0.478 e. The first-order valence-corrected chi connectivity index (χ1v) is 6.81. The van der Waals surface area contributed by atoms with Gasteiger partial charge in [0.05, 0.1) is 11.1 Å². The van der Waals surface area contributed by atoms with Crippen molar-refractivity contribution in [3.05, 3.63) is 51.5 Å². The molecular formula is C14H7BrClNO3. The minimum atomic E-state index is -1.04. The maximum absolute atomic E-state index is 11.2. The average Bonchev–Trinajstić information content (AvgIpc) is 2.81. The number of hydrogen-bond acceptors (Lipinski definition) is 3. The monoisotopic (exact) mass is 351 g/mol. The van der Waals surface area contributed by atoms with Crippen LogP contribution < -0.4 is 0 Å². The predicted octanol–water partition coefficient (Wildman–Crippen LogP) is 4.61. The predicted molar refractivity (Wildman–Crippen MR) is 79.1 cm³/mol. The molecule has 0 fully saturated rings. The highest BCUT2D eigenvalue weighted by Crippen LogP contribution is 2.32. The smallest absolute Gasteiger partial charge is 0.338 e. The number of carboxylic acids is 1. The van der Waals surface area contributed by atoms with Crippen molar-refractivity contribution in [3.63, 3.8) is 0 Å². The number of fused-ring (bicyclic) bond motifs is 1. The number of nitrogens with zero attached hydrogens (tertiary/aromatic N) is 1. The molecule has 2 aromatic carbocycles. The Labute approximate surface area is 127 Å². The van der Waals surface area contributed by atoms with Gasteiger partial charge < -0.3 is 9.52 Å². The molecule has 4 nitrogen and oxygen atoms in total. The lowest BCUT2D eigenvalue weighted by molar-refractivity contribution is 0.0699. The first kappa shape index (κ1) is 13.1. The van der Waals surface area contributed by atoms with Gasteiger partial charge in [-0.3, -0.25) is 0 Å². The molecule has 6 heteroatoms. The molecule has 0 unspecified atom stereocenters. The third kappa shape index (κ3) is 2.19. The Kier molecular flexibility index (Phi) is 3.23. The van der Waals surface area contributed by atoms with Crippen LogP contribution in [0.4, 0.5) is 0 Å². The van der Waals surface area contributed by atoms with E-state index in [2.05, 4.69) is 20.9 Å². The van der Waals surface area contributed by atoms with E-state index in [0.717, 1.165) is 4.47 Å². The van der Waals surface area contributed by atoms with Crippen LogP contribution >= 0.6 is 27.5 Å². The Morgan fingerprint density at radius 3 is 2.80 bits per heavy atom. The van der Waals surface area contributed by atoms with Crippen LogP contribution in [-0.2, 0) is 0 Å². The van der Waals surface area contributed by atoms with E-state index in [-0.39, 0.29) is 5.56 Å². The molecule has 0 saturated heterocycles. The average molecular weight is 353 g/mol. The van der Waals surface area contributed by atoms with Gasteiger partial charge in [0.15, 0.2) is 5.58 Å². The second-order valence-corrected chi connectivity index (χ2v) is 5.39. The summed E-state index contributed by atoms with van der Waals surface area (Å²) in [4.78, 5) is 15.4. The minimum absolute atomic E-state index is 0.114. The first-order chi connectivity index (χ1) is 9.56. The van der Waals surface area contributed by atoms with E-state index >= 15 is 0 Å². The van der Waals surface area contributed by atoms with Crippen LogP contribution in [0.1, 0.15) is 10.4 Å². The topological polar surface area (TPSA) is 63.3 Å². The molecule has 0 aliphatic carbocycles. The van der Waals surface area contributed by atoms with Crippen LogP contribution in [0.25, 0.3) is 22.6 Å². The van der Waals surface area contributed by atoms with Crippen molar-refractivity contribution < 1.29 is 14.3 Å². The molecular weight excluding hydrogens is 346 g/mol. The van der Waals surface area contributed by atoms with Crippen molar-refractivity contribution in [2.45, 2.75) is 0 Å². The van der Waals surface area contributed by atoms with Crippen LogP contribution in [0.2, 0.25) is 5.02 Å². The zero-order valence-corrected chi connectivity index (χ0v) is 12.3. The normalized spacial score (nSPS) is 10.9. The van der Waals surface area contributed by atoms with Gasteiger partial charge in [-0.25, -0.2) is 9.78 Å². The number of carbonyl (C=O) groups is 1. The highest BCUT2D eigenvalue weighted by molar-refractivity contribution is 9.10. The van der Waals surface area contributed by atoms with Crippen LogP contribution in [0, 0.1) is 0 Å². The van der Waals surface area contributed by atoms with E-state index in [1.807, 2.05) is 0 Å². The SMILES string of the molecule is O=C(O)c1cccc2oc(-c3ccc(Cl)cc3Br)nc12. The van der Waals surface area contributed by atoms with Gasteiger partial charge in [0, 0.05) is 9.50 Å². The van der Waals surface area contributed by atoms with Gasteiger partial charge in [0.25, 0.3) is 0 Å². The molecule has 0 spiro atoms. The van der Waals surface area contributed by atoms with Crippen molar-refractivity contribution in [3.8, 4) is 11.5 Å². The molecule has 0 atom stereocenters. The second kappa shape index (κ2) is 4.92. The van der Waals surface area contributed by atoms with E-state index in [4.69, 9.17) is 21.1 Å². The molecule has 3 rings (SSSR count). The number of hydrogen-bond donors (Lipinski definition) is 1. The van der Waals surface area contributed by atoms with Crippen LogP contribution in [0.3, 0.4) is 0 Å². The highest BCUT2D eigenvalue weighted by Gasteiger charge is 2.16. The lowest BCUT2D eigenvalue weighted by atomic mass is 10.2. The summed E-state index contributed by atoms with van der Waals surface area (Å²) >= 11 is 9.28. The third-order valence-corrected chi connectivity index (χ3v) is 3.70. The summed E-state index contributed by atoms with van der Waals surface area (Å²) < 4.78 is 6.35. The van der Waals surface area contributed by atoms with Gasteiger partial charge in [0.2, 0.25) is 5.89 Å². The first-order valence-electron chi connectivity index (χ1n) is 5.64. The molecule has 0 aliphatic rings. The van der Waals surface area contributed by atoms with Gasteiger partial charge in [-0.1, -0.05) is 17.7 Å². The van der Waals surface area contributed by atoms with Crippen LogP contribution in [-0.4, -0.2) is 16.1 Å². The quantitative estimate of drug-likeness (QED) is 0.731. The molecule has 0 radical (unpaired) electrons. The number of aromatic carboxylic acids is 1. The Balaban J connectivity index is 2.23. The fraction of sp³-hybridized carbons (Fsp3) is 0. The number of oxazole rings is 1. The highest BCUT2D eigenvalue weighted by atomic mass is 79.9. The Morgan fingerprint density at radius 2 is 2.10 bits per heavy atom. The van der Waals surface area contributed by atoms with E-state index in [0.29, 0.717) is 27.6 Å². The molecule has 0 saturated carbocycles. The van der Waals surface area contributed by atoms with Gasteiger partial charge in [-0.2, -0.15) is 0 Å². The van der Waals surface area contributed by atoms with Gasteiger partial charge in [-0.05, 0) is 46.3 Å². The van der Waals surface area contributed by atoms with Crippen molar-refractivity contribution >= 4 is 44.6 Å². The number of halogens is 2. The summed E-state index contributed by atoms with van der Waals surface area (Å²) in [6.07, 6.45) is 0. The maximum atomic E-state index is 11.2. The maximum Gasteiger partial charge on any atom is 0.338 e. The largest absolute Gasteiger partial charge is 0.478 e. The molecule has 20 heavy (non-hydrogen) atoms. The Morgan fingerprint density at radius 1 is 1.30 bits per heavy atom. The summed E-state index contributed by atoms with van der Waals surface area (Å²) in [5.74, 6) is -0.692. The molecule has 0 aliphatic heterocycles. The van der Waals surface area contributed by atoms with Gasteiger partial charge >= 0.3 is 5.97 Å². The fourth-order valence-electron chi connectivity index (χ4n) is 1.90. The molecule has 3 aromatic rings. The number of rotatable bonds is 2. The lowest BCUT2D eigenvalue weighted by Gasteiger charge is -1.99. The summed E-state index contributed by atoms with van der Waals surface area (Å²) in [5, 5.41) is 9.73. The number of aromatic nitrogens is 1. The van der Waals surface area contributed by atoms with Crippen molar-refractivity contribution in [2.24, 2.45) is 0 Å². The second-order valence-electron chi connectivity index (χ2n) is 4.10. The summed E-state index contributed by atoms with van der Waals surface area (Å²) in [7, 11) is 0. The molecule has 100 valence electrons. The summed E-state index contributed by atoms with van der Waals surface area (Å²) in [6, 6.07) is 10.0. The fourth-order valence-corrected chi connectivity index (χ4v) is 2.75. The van der Waals surface area contributed by atoms with E-state index < -0.39 is 5.97 Å². The zero-order valence-electron chi connectivity index (χ0n) is 9.93. The summed E-state index contributed by atoms with van der Waals surface area (Å²) in [6.45, 7) is 0. The molecule has 1 N–H and O–H groups in total.